The summed E-state index contributed by atoms with van der Waals surface area (Å²) in [5, 5.41) is 12.0. The average molecular weight is 461 g/mol. The fraction of sp³-hybridized carbons (Fsp3) is 0.350. The van der Waals surface area contributed by atoms with Gasteiger partial charge in [0.1, 0.15) is 6.61 Å². The van der Waals surface area contributed by atoms with Crippen LogP contribution >= 0.6 is 22.9 Å². The molecule has 1 saturated heterocycles. The first kappa shape index (κ1) is 21.4. The topological polar surface area (TPSA) is 102 Å². The molecule has 3 aromatic rings. The Kier molecular flexibility index (Phi) is 6.59. The minimum atomic E-state index is -0.287. The standard InChI is InChI=1S/C20H21ClN6O3S/c1-12-9-29-10-13(2)27(12)17-8-22-6-5-16(17)18(28)24-19-25-26-20(31-19)30-11-15-4-3-14(21)7-23-15/h3-8,12-13H,9-11H2,1-2H3,(H,24,25,28)/t12-,13-/m1/s1. The third-order valence-electron chi connectivity index (χ3n) is 4.75. The van der Waals surface area contributed by atoms with Gasteiger partial charge < -0.3 is 14.4 Å². The summed E-state index contributed by atoms with van der Waals surface area (Å²) in [5.41, 5.74) is 1.98. The first-order valence-electron chi connectivity index (χ1n) is 9.69. The van der Waals surface area contributed by atoms with Crippen LogP contribution in [-0.4, -0.2) is 51.4 Å². The number of rotatable bonds is 6. The zero-order valence-corrected chi connectivity index (χ0v) is 18.6. The Labute approximate surface area is 188 Å². The number of nitrogens with one attached hydrogen (secondary N) is 1. The van der Waals surface area contributed by atoms with Crippen LogP contribution in [0.15, 0.2) is 36.8 Å². The van der Waals surface area contributed by atoms with Crippen molar-refractivity contribution in [3.63, 3.8) is 0 Å². The molecule has 162 valence electrons. The van der Waals surface area contributed by atoms with Gasteiger partial charge in [-0.05, 0) is 43.4 Å². The summed E-state index contributed by atoms with van der Waals surface area (Å²) in [6, 6.07) is 5.46. The molecule has 4 heterocycles. The molecular weight excluding hydrogens is 440 g/mol. The normalized spacial score (nSPS) is 18.6. The Morgan fingerprint density at radius 3 is 2.81 bits per heavy atom. The zero-order chi connectivity index (χ0) is 21.8. The van der Waals surface area contributed by atoms with Gasteiger partial charge in [0.25, 0.3) is 11.1 Å². The third kappa shape index (κ3) is 5.09. The van der Waals surface area contributed by atoms with Gasteiger partial charge in [-0.25, -0.2) is 0 Å². The SMILES string of the molecule is C[C@@H]1COC[C@@H](C)N1c1cnccc1C(=O)Nc1nnc(OCc2ccc(Cl)cn2)s1. The summed E-state index contributed by atoms with van der Waals surface area (Å²) in [5.74, 6) is -0.287. The predicted molar refractivity (Wildman–Crippen MR) is 118 cm³/mol. The Hall–Kier alpha value is -2.82. The van der Waals surface area contributed by atoms with Crippen LogP contribution in [0.25, 0.3) is 0 Å². The number of amides is 1. The van der Waals surface area contributed by atoms with Gasteiger partial charge in [0.2, 0.25) is 5.13 Å². The summed E-state index contributed by atoms with van der Waals surface area (Å²) in [6.07, 6.45) is 4.86. The van der Waals surface area contributed by atoms with Crippen molar-refractivity contribution in [3.05, 3.63) is 53.1 Å². The number of carbonyl (C=O) groups excluding carboxylic acids is 1. The van der Waals surface area contributed by atoms with Crippen LogP contribution in [0.2, 0.25) is 5.02 Å². The number of hydrogen-bond donors (Lipinski definition) is 1. The quantitative estimate of drug-likeness (QED) is 0.596. The molecule has 1 amide bonds. The van der Waals surface area contributed by atoms with Gasteiger partial charge >= 0.3 is 0 Å². The van der Waals surface area contributed by atoms with Crippen LogP contribution in [0.5, 0.6) is 5.19 Å². The highest BCUT2D eigenvalue weighted by Crippen LogP contribution is 2.28. The van der Waals surface area contributed by atoms with Gasteiger partial charge in [-0.2, -0.15) is 0 Å². The molecule has 1 aliphatic rings. The predicted octanol–water partition coefficient (Wildman–Crippen LogP) is 3.43. The lowest BCUT2D eigenvalue weighted by Gasteiger charge is -2.41. The Morgan fingerprint density at radius 1 is 1.26 bits per heavy atom. The summed E-state index contributed by atoms with van der Waals surface area (Å²) in [7, 11) is 0. The first-order chi connectivity index (χ1) is 15.0. The number of carbonyl (C=O) groups is 1. The molecule has 0 aliphatic carbocycles. The van der Waals surface area contributed by atoms with Crippen molar-refractivity contribution in [3.8, 4) is 5.19 Å². The second kappa shape index (κ2) is 9.54. The maximum Gasteiger partial charge on any atom is 0.296 e. The lowest BCUT2D eigenvalue weighted by atomic mass is 10.1. The lowest BCUT2D eigenvalue weighted by Crippen LogP contribution is -2.50. The number of hydrogen-bond acceptors (Lipinski definition) is 9. The highest BCUT2D eigenvalue weighted by molar-refractivity contribution is 7.17. The number of anilines is 2. The van der Waals surface area contributed by atoms with Crippen LogP contribution in [0, 0.1) is 0 Å². The molecular formula is C20H21ClN6O3S. The summed E-state index contributed by atoms with van der Waals surface area (Å²) >= 11 is 6.97. The Bertz CT molecular complexity index is 1040. The van der Waals surface area contributed by atoms with Crippen molar-refractivity contribution in [1.82, 2.24) is 20.2 Å². The molecule has 0 unspecified atom stereocenters. The van der Waals surface area contributed by atoms with Gasteiger partial charge in [-0.1, -0.05) is 16.7 Å². The van der Waals surface area contributed by atoms with Crippen molar-refractivity contribution in [2.24, 2.45) is 0 Å². The molecule has 31 heavy (non-hydrogen) atoms. The Morgan fingerprint density at radius 2 is 2.06 bits per heavy atom. The molecule has 9 nitrogen and oxygen atoms in total. The second-order valence-electron chi connectivity index (χ2n) is 7.12. The molecule has 0 radical (unpaired) electrons. The number of halogens is 1. The first-order valence-corrected chi connectivity index (χ1v) is 10.9. The molecule has 0 spiro atoms. The minimum Gasteiger partial charge on any atom is -0.462 e. The van der Waals surface area contributed by atoms with E-state index < -0.39 is 0 Å². The number of aromatic nitrogens is 4. The number of ether oxygens (including phenoxy) is 2. The van der Waals surface area contributed by atoms with E-state index in [1.54, 1.807) is 36.8 Å². The number of nitrogens with zero attached hydrogens (tertiary/aromatic N) is 5. The van der Waals surface area contributed by atoms with Crippen LogP contribution < -0.4 is 15.0 Å². The van der Waals surface area contributed by atoms with E-state index in [1.807, 2.05) is 0 Å². The van der Waals surface area contributed by atoms with E-state index in [0.717, 1.165) is 17.0 Å². The maximum atomic E-state index is 13.0. The van der Waals surface area contributed by atoms with Gasteiger partial charge in [-0.15, -0.1) is 5.10 Å². The molecule has 1 fully saturated rings. The van der Waals surface area contributed by atoms with Crippen molar-refractivity contribution in [2.75, 3.05) is 23.4 Å². The molecule has 1 aliphatic heterocycles. The van der Waals surface area contributed by atoms with Crippen molar-refractivity contribution >= 4 is 39.7 Å². The molecule has 2 atom stereocenters. The summed E-state index contributed by atoms with van der Waals surface area (Å²) < 4.78 is 11.2. The van der Waals surface area contributed by atoms with E-state index in [9.17, 15) is 4.79 Å². The molecule has 4 rings (SSSR count). The fourth-order valence-electron chi connectivity index (χ4n) is 3.37. The fourth-order valence-corrected chi connectivity index (χ4v) is 4.08. The van der Waals surface area contributed by atoms with Gasteiger partial charge in [0.05, 0.1) is 53.5 Å². The van der Waals surface area contributed by atoms with Crippen molar-refractivity contribution in [2.45, 2.75) is 32.5 Å². The van der Waals surface area contributed by atoms with Crippen LogP contribution in [0.4, 0.5) is 10.8 Å². The van der Waals surface area contributed by atoms with Crippen LogP contribution in [0.1, 0.15) is 29.9 Å². The lowest BCUT2D eigenvalue weighted by molar-refractivity contribution is 0.0754. The van der Waals surface area contributed by atoms with Crippen molar-refractivity contribution in [1.29, 1.82) is 0 Å². The largest absolute Gasteiger partial charge is 0.462 e. The Balaban J connectivity index is 1.44. The molecule has 3 aromatic heterocycles. The number of morpholine rings is 1. The van der Waals surface area contributed by atoms with E-state index in [-0.39, 0.29) is 24.6 Å². The molecule has 0 saturated carbocycles. The van der Waals surface area contributed by atoms with E-state index in [1.165, 1.54) is 0 Å². The highest BCUT2D eigenvalue weighted by atomic mass is 35.5. The van der Waals surface area contributed by atoms with Crippen molar-refractivity contribution < 1.29 is 14.3 Å². The summed E-state index contributed by atoms with van der Waals surface area (Å²) in [6.45, 7) is 5.54. The summed E-state index contributed by atoms with van der Waals surface area (Å²) in [4.78, 5) is 23.5. The monoisotopic (exact) mass is 460 g/mol. The van der Waals surface area contributed by atoms with Gasteiger partial charge in [0.15, 0.2) is 0 Å². The van der Waals surface area contributed by atoms with Gasteiger partial charge in [0, 0.05) is 12.4 Å². The molecule has 1 N–H and O–H groups in total. The maximum absolute atomic E-state index is 13.0. The molecule has 0 aromatic carbocycles. The van der Waals surface area contributed by atoms with E-state index in [0.29, 0.717) is 39.8 Å². The van der Waals surface area contributed by atoms with E-state index in [4.69, 9.17) is 21.1 Å². The minimum absolute atomic E-state index is 0.127. The zero-order valence-electron chi connectivity index (χ0n) is 17.0. The second-order valence-corrected chi connectivity index (χ2v) is 8.50. The average Bonchev–Trinajstić information content (AvgIpc) is 3.21. The highest BCUT2D eigenvalue weighted by Gasteiger charge is 2.29. The van der Waals surface area contributed by atoms with Gasteiger partial charge in [-0.3, -0.25) is 20.1 Å². The molecule has 0 bridgehead atoms. The molecule has 11 heteroatoms. The third-order valence-corrected chi connectivity index (χ3v) is 5.72. The van der Waals surface area contributed by atoms with Crippen LogP contribution in [-0.2, 0) is 11.3 Å². The van der Waals surface area contributed by atoms with E-state index in [2.05, 4.69) is 44.2 Å². The van der Waals surface area contributed by atoms with Crippen LogP contribution in [0.3, 0.4) is 0 Å². The number of pyridine rings is 2. The van der Waals surface area contributed by atoms with E-state index >= 15 is 0 Å². The smallest absolute Gasteiger partial charge is 0.296 e.